The Morgan fingerprint density at radius 3 is 1.00 bits per heavy atom. The van der Waals surface area contributed by atoms with Crippen molar-refractivity contribution in [3.05, 3.63) is 0 Å². The van der Waals surface area contributed by atoms with E-state index in [1.165, 1.54) is 24.1 Å². The highest BCUT2D eigenvalue weighted by molar-refractivity contribution is 6.50. The van der Waals surface area contributed by atoms with E-state index in [1.807, 2.05) is 0 Å². The fourth-order valence-electron chi connectivity index (χ4n) is 2.09. The predicted octanol–water partition coefficient (Wildman–Crippen LogP) is 3.96. The van der Waals surface area contributed by atoms with Crippen LogP contribution in [0.4, 0.5) is 17.3 Å². The quantitative estimate of drug-likeness (QED) is 0.401. The van der Waals surface area contributed by atoms with Gasteiger partial charge in [-0.25, -0.2) is 0 Å². The van der Waals surface area contributed by atoms with Crippen molar-refractivity contribution >= 4 is 7.25 Å². The van der Waals surface area contributed by atoms with Crippen LogP contribution < -0.4 is 0 Å². The van der Waals surface area contributed by atoms with Gasteiger partial charge in [0.25, 0.3) is 0 Å². The summed E-state index contributed by atoms with van der Waals surface area (Å²) >= 11 is 0. The van der Waals surface area contributed by atoms with Crippen molar-refractivity contribution in [2.45, 2.75) is 47.1 Å². The van der Waals surface area contributed by atoms with Gasteiger partial charge in [-0.1, -0.05) is 0 Å². The van der Waals surface area contributed by atoms with Gasteiger partial charge in [0, 0.05) is 0 Å². The Hall–Kier alpha value is -0.255. The van der Waals surface area contributed by atoms with E-state index >= 15 is 0 Å². The van der Waals surface area contributed by atoms with Gasteiger partial charge in [-0.15, -0.1) is 0 Å². The first-order valence-corrected chi connectivity index (χ1v) is 5.67. The highest BCUT2D eigenvalue weighted by Crippen LogP contribution is 2.23. The number of hydrogen-bond acceptors (Lipinski definition) is 0. The van der Waals surface area contributed by atoms with Crippen LogP contribution in [0.1, 0.15) is 41.5 Å². The second kappa shape index (κ2) is 6.47. The topological polar surface area (TPSA) is 0 Å². The highest BCUT2D eigenvalue weighted by Gasteiger charge is 2.35. The van der Waals surface area contributed by atoms with E-state index in [2.05, 4.69) is 41.5 Å². The summed E-state index contributed by atoms with van der Waals surface area (Å²) in [6, 6.07) is 0. The van der Waals surface area contributed by atoms with Crippen LogP contribution in [0.15, 0.2) is 0 Å². The minimum absolute atomic E-state index is 0.401. The molecule has 0 saturated heterocycles. The molecule has 0 unspecified atom stereocenters. The second-order valence-electron chi connectivity index (χ2n) is 4.76. The van der Waals surface area contributed by atoms with E-state index in [-0.39, 0.29) is 0 Å². The van der Waals surface area contributed by atoms with Crippen LogP contribution in [0.2, 0.25) is 0 Å². The summed E-state index contributed by atoms with van der Waals surface area (Å²) in [6.07, 6.45) is 0. The Morgan fingerprint density at radius 1 is 0.812 bits per heavy atom. The molecule has 0 heterocycles. The summed E-state index contributed by atoms with van der Waals surface area (Å²) in [4.78, 5) is 0. The van der Waals surface area contributed by atoms with E-state index < -0.39 is 7.25 Å². The lowest BCUT2D eigenvalue weighted by Crippen LogP contribution is -2.59. The summed E-state index contributed by atoms with van der Waals surface area (Å²) in [7, 11) is -6.00. The molecule has 0 fully saturated rings. The lowest BCUT2D eigenvalue weighted by molar-refractivity contribution is -0.966. The highest BCUT2D eigenvalue weighted by atomic mass is 19.5. The summed E-state index contributed by atoms with van der Waals surface area (Å²) in [5.41, 5.74) is 0.401. The van der Waals surface area contributed by atoms with Gasteiger partial charge in [0.05, 0.1) is 25.2 Å². The molecule has 0 saturated carbocycles. The molecule has 0 amide bonds. The lowest BCUT2D eigenvalue weighted by atomic mass is 10.0. The molecule has 6 heteroatoms. The van der Waals surface area contributed by atoms with Crippen LogP contribution in [0.5, 0.6) is 0 Å². The zero-order valence-electron chi connectivity index (χ0n) is 11.2. The summed E-state index contributed by atoms with van der Waals surface area (Å²) < 4.78 is 40.2. The summed E-state index contributed by atoms with van der Waals surface area (Å²) in [5, 5.41) is 0. The Balaban J connectivity index is 0. The standard InChI is InChI=1S/C10H24N.BF4/c1-7-11(8-2,9-3)10(4,5)6;2-1(3,4)5/h7-9H2,1-6H3;/q+1;-1. The molecule has 0 aliphatic carbocycles. The maximum Gasteiger partial charge on any atom is 0.673 e. The van der Waals surface area contributed by atoms with Crippen LogP contribution >= 0.6 is 0 Å². The van der Waals surface area contributed by atoms with Crippen molar-refractivity contribution < 1.29 is 21.7 Å². The van der Waals surface area contributed by atoms with Crippen molar-refractivity contribution in [1.82, 2.24) is 0 Å². The second-order valence-corrected chi connectivity index (χ2v) is 4.76. The van der Waals surface area contributed by atoms with Gasteiger partial charge in [-0.3, -0.25) is 0 Å². The molecule has 0 radical (unpaired) electrons. The summed E-state index contributed by atoms with van der Waals surface area (Å²) in [5.74, 6) is 0. The summed E-state index contributed by atoms with van der Waals surface area (Å²) in [6.45, 7) is 17.6. The number of nitrogens with zero attached hydrogens (tertiary/aromatic N) is 1. The lowest BCUT2D eigenvalue weighted by Gasteiger charge is -2.47. The largest absolute Gasteiger partial charge is 0.673 e. The van der Waals surface area contributed by atoms with Crippen molar-refractivity contribution in [2.75, 3.05) is 19.6 Å². The van der Waals surface area contributed by atoms with Gasteiger partial charge >= 0.3 is 7.25 Å². The maximum atomic E-state index is 9.75. The first kappa shape index (κ1) is 18.1. The predicted molar refractivity (Wildman–Crippen MR) is 61.8 cm³/mol. The van der Waals surface area contributed by atoms with Crippen LogP contribution in [0, 0.1) is 0 Å². The molecule has 0 bridgehead atoms. The molecule has 0 rings (SSSR count). The van der Waals surface area contributed by atoms with E-state index in [9.17, 15) is 17.3 Å². The van der Waals surface area contributed by atoms with E-state index in [0.717, 1.165) is 0 Å². The number of rotatable bonds is 3. The normalized spacial score (nSPS) is 13.1. The van der Waals surface area contributed by atoms with Crippen molar-refractivity contribution in [3.8, 4) is 0 Å². The van der Waals surface area contributed by atoms with E-state index in [1.54, 1.807) is 0 Å². The Morgan fingerprint density at radius 2 is 1.00 bits per heavy atom. The van der Waals surface area contributed by atoms with Crippen LogP contribution in [0.3, 0.4) is 0 Å². The van der Waals surface area contributed by atoms with Gasteiger partial charge in [-0.05, 0) is 41.5 Å². The Bertz CT molecular complexity index is 168. The molecule has 0 aliphatic heterocycles. The van der Waals surface area contributed by atoms with Crippen molar-refractivity contribution in [2.24, 2.45) is 0 Å². The molecular weight excluding hydrogens is 221 g/mol. The van der Waals surface area contributed by atoms with Gasteiger partial charge in [0.1, 0.15) is 0 Å². The Kier molecular flexibility index (Phi) is 7.33. The maximum absolute atomic E-state index is 9.75. The smallest absolute Gasteiger partial charge is 0.418 e. The molecular formula is C10H24BF4N. The average molecular weight is 245 g/mol. The van der Waals surface area contributed by atoms with Crippen LogP contribution in [-0.4, -0.2) is 36.9 Å². The third-order valence-electron chi connectivity index (χ3n) is 3.24. The van der Waals surface area contributed by atoms with Gasteiger partial charge < -0.3 is 21.7 Å². The molecule has 0 aromatic heterocycles. The molecule has 100 valence electrons. The molecule has 0 aromatic carbocycles. The minimum Gasteiger partial charge on any atom is -0.418 e. The zero-order chi connectivity index (χ0) is 13.6. The molecule has 0 aliphatic rings. The van der Waals surface area contributed by atoms with Gasteiger partial charge in [0.2, 0.25) is 0 Å². The van der Waals surface area contributed by atoms with E-state index in [0.29, 0.717) is 5.54 Å². The molecule has 0 spiro atoms. The number of halogens is 4. The molecule has 16 heavy (non-hydrogen) atoms. The Labute approximate surface area is 96.5 Å². The average Bonchev–Trinajstić information content (AvgIpc) is 2.02. The van der Waals surface area contributed by atoms with Crippen molar-refractivity contribution in [1.29, 1.82) is 0 Å². The van der Waals surface area contributed by atoms with Crippen molar-refractivity contribution in [3.63, 3.8) is 0 Å². The minimum atomic E-state index is -6.00. The zero-order valence-corrected chi connectivity index (χ0v) is 11.2. The number of hydrogen-bond donors (Lipinski definition) is 0. The van der Waals surface area contributed by atoms with E-state index in [4.69, 9.17) is 0 Å². The first-order chi connectivity index (χ1) is 6.93. The van der Waals surface area contributed by atoms with Crippen LogP contribution in [-0.2, 0) is 0 Å². The monoisotopic (exact) mass is 245 g/mol. The van der Waals surface area contributed by atoms with Gasteiger partial charge in [-0.2, -0.15) is 0 Å². The molecule has 0 N–H and O–H groups in total. The first-order valence-electron chi connectivity index (χ1n) is 5.67. The third kappa shape index (κ3) is 7.09. The molecule has 1 nitrogen and oxygen atoms in total. The number of quaternary nitrogens is 1. The fourth-order valence-corrected chi connectivity index (χ4v) is 2.09. The third-order valence-corrected chi connectivity index (χ3v) is 3.24. The molecule has 0 atom stereocenters. The van der Waals surface area contributed by atoms with Gasteiger partial charge in [0.15, 0.2) is 0 Å². The fraction of sp³-hybridized carbons (Fsp3) is 1.00. The SMILES string of the molecule is CC[N+](CC)(CC)C(C)(C)C.F[B-](F)(F)F. The molecule has 0 aromatic rings. The van der Waals surface area contributed by atoms with Crippen LogP contribution in [0.25, 0.3) is 0 Å².